The van der Waals surface area contributed by atoms with Crippen molar-refractivity contribution in [1.82, 2.24) is 0 Å². The molecule has 2 unspecified atom stereocenters. The molecule has 0 aromatic heterocycles. The van der Waals surface area contributed by atoms with Crippen LogP contribution in [0.3, 0.4) is 0 Å². The third-order valence-electron chi connectivity index (χ3n) is 2.26. The van der Waals surface area contributed by atoms with E-state index in [0.29, 0.717) is 13.4 Å². The Morgan fingerprint density at radius 1 is 1.31 bits per heavy atom. The Labute approximate surface area is 76.8 Å². The quantitative estimate of drug-likeness (QED) is 0.586. The molecule has 76 valence electrons. The molecular formula is C8H14O5. The van der Waals surface area contributed by atoms with Crippen LogP contribution in [0.5, 0.6) is 0 Å². The Hall–Kier alpha value is -0.200. The molecule has 0 aromatic carbocycles. The van der Waals surface area contributed by atoms with Crippen molar-refractivity contribution < 1.29 is 23.7 Å². The van der Waals surface area contributed by atoms with Crippen LogP contribution in [-0.4, -0.2) is 45.3 Å². The Morgan fingerprint density at radius 3 is 2.92 bits per heavy atom. The molecule has 0 N–H and O–H groups in total. The van der Waals surface area contributed by atoms with E-state index in [2.05, 4.69) is 0 Å². The number of hydrogen-bond donors (Lipinski definition) is 0. The van der Waals surface area contributed by atoms with E-state index < -0.39 is 6.48 Å². The molecule has 2 rings (SSSR count). The second-order valence-corrected chi connectivity index (χ2v) is 3.16. The van der Waals surface area contributed by atoms with Crippen molar-refractivity contribution in [3.8, 4) is 0 Å². The first-order valence-corrected chi connectivity index (χ1v) is 4.34. The van der Waals surface area contributed by atoms with Gasteiger partial charge < -0.3 is 23.7 Å². The minimum atomic E-state index is -0.596. The first-order valence-electron chi connectivity index (χ1n) is 4.34. The largest absolute Gasteiger partial charge is 0.353 e. The summed E-state index contributed by atoms with van der Waals surface area (Å²) in [6.45, 7) is 2.20. The summed E-state index contributed by atoms with van der Waals surface area (Å²) >= 11 is 0. The minimum Gasteiger partial charge on any atom is -0.353 e. The zero-order chi connectivity index (χ0) is 9.26. The zero-order valence-electron chi connectivity index (χ0n) is 7.76. The molecule has 2 heterocycles. The van der Waals surface area contributed by atoms with Gasteiger partial charge in [-0.15, -0.1) is 0 Å². The van der Waals surface area contributed by atoms with E-state index in [1.807, 2.05) is 6.92 Å². The monoisotopic (exact) mass is 190 g/mol. The molecule has 4 atom stereocenters. The van der Waals surface area contributed by atoms with Crippen LogP contribution >= 0.6 is 0 Å². The first kappa shape index (κ1) is 9.36. The molecule has 0 aliphatic carbocycles. The molecule has 0 radical (unpaired) electrons. The van der Waals surface area contributed by atoms with Crippen LogP contribution in [0.1, 0.15) is 6.92 Å². The highest BCUT2D eigenvalue weighted by molar-refractivity contribution is 4.81. The van der Waals surface area contributed by atoms with Crippen molar-refractivity contribution in [2.75, 3.05) is 20.5 Å². The van der Waals surface area contributed by atoms with E-state index in [1.165, 1.54) is 0 Å². The number of rotatable bonds is 1. The van der Waals surface area contributed by atoms with Gasteiger partial charge in [0.2, 0.25) is 0 Å². The van der Waals surface area contributed by atoms with Crippen LogP contribution in [0.4, 0.5) is 0 Å². The van der Waals surface area contributed by atoms with Crippen LogP contribution in [0, 0.1) is 0 Å². The summed E-state index contributed by atoms with van der Waals surface area (Å²) in [6.07, 6.45) is -0.143. The molecule has 5 nitrogen and oxygen atoms in total. The van der Waals surface area contributed by atoms with Crippen molar-refractivity contribution >= 4 is 0 Å². The lowest BCUT2D eigenvalue weighted by molar-refractivity contribution is -0.392. The van der Waals surface area contributed by atoms with Gasteiger partial charge in [-0.2, -0.15) is 0 Å². The summed E-state index contributed by atoms with van der Waals surface area (Å²) in [5.41, 5.74) is 0. The highest BCUT2D eigenvalue weighted by atomic mass is 16.9. The molecular weight excluding hydrogens is 176 g/mol. The third-order valence-corrected chi connectivity index (χ3v) is 2.26. The first-order chi connectivity index (χ1) is 6.31. The molecule has 2 fully saturated rings. The molecule has 2 aliphatic heterocycles. The molecule has 2 aliphatic rings. The van der Waals surface area contributed by atoms with Crippen molar-refractivity contribution in [1.29, 1.82) is 0 Å². The van der Waals surface area contributed by atoms with E-state index in [4.69, 9.17) is 23.7 Å². The highest BCUT2D eigenvalue weighted by Crippen LogP contribution is 2.24. The van der Waals surface area contributed by atoms with Crippen LogP contribution in [0.2, 0.25) is 0 Å². The summed E-state index contributed by atoms with van der Waals surface area (Å²) in [4.78, 5) is 0. The van der Waals surface area contributed by atoms with Crippen LogP contribution in [0.15, 0.2) is 0 Å². The summed E-state index contributed by atoms with van der Waals surface area (Å²) in [6, 6.07) is 0. The van der Waals surface area contributed by atoms with Gasteiger partial charge in [-0.1, -0.05) is 0 Å². The lowest BCUT2D eigenvalue weighted by Gasteiger charge is -2.41. The SMILES string of the molecule is CO[C@@H]1OC(C)[C@@H]2OCOCC2O1. The molecule has 5 heteroatoms. The zero-order valence-corrected chi connectivity index (χ0v) is 7.76. The van der Waals surface area contributed by atoms with E-state index in [0.717, 1.165) is 0 Å². The van der Waals surface area contributed by atoms with E-state index >= 15 is 0 Å². The van der Waals surface area contributed by atoms with Gasteiger partial charge in [-0.05, 0) is 6.92 Å². The summed E-state index contributed by atoms with van der Waals surface area (Å²) in [5.74, 6) is 0. The topological polar surface area (TPSA) is 46.2 Å². The van der Waals surface area contributed by atoms with Gasteiger partial charge in [0, 0.05) is 7.11 Å². The Balaban J connectivity index is 1.99. The van der Waals surface area contributed by atoms with Gasteiger partial charge in [0.05, 0.1) is 12.7 Å². The van der Waals surface area contributed by atoms with Crippen molar-refractivity contribution in [2.24, 2.45) is 0 Å². The molecule has 0 amide bonds. The summed E-state index contributed by atoms with van der Waals surface area (Å²) in [7, 11) is 1.54. The third kappa shape index (κ3) is 1.84. The fourth-order valence-corrected chi connectivity index (χ4v) is 1.59. The van der Waals surface area contributed by atoms with E-state index in [-0.39, 0.29) is 18.3 Å². The lowest BCUT2D eigenvalue weighted by atomic mass is 10.1. The number of hydrogen-bond acceptors (Lipinski definition) is 5. The number of fused-ring (bicyclic) bond motifs is 1. The van der Waals surface area contributed by atoms with Gasteiger partial charge in [0.1, 0.15) is 19.0 Å². The predicted molar refractivity (Wildman–Crippen MR) is 41.9 cm³/mol. The fourth-order valence-electron chi connectivity index (χ4n) is 1.59. The standard InChI is InChI=1S/C8H14O5/c1-5-7-6(3-10-4-11-7)13-8(9-2)12-5/h5-8H,3-4H2,1-2H3/t5?,6?,7-,8+/m0/s1. The average molecular weight is 190 g/mol. The Kier molecular flexibility index (Phi) is 2.80. The fraction of sp³-hybridized carbons (Fsp3) is 1.00. The van der Waals surface area contributed by atoms with Gasteiger partial charge in [0.15, 0.2) is 0 Å². The normalized spacial score (nSPS) is 45.7. The molecule has 0 aromatic rings. The van der Waals surface area contributed by atoms with Crippen LogP contribution < -0.4 is 0 Å². The smallest absolute Gasteiger partial charge is 0.272 e. The molecule has 0 spiro atoms. The minimum absolute atomic E-state index is 0.0207. The molecule has 0 bridgehead atoms. The lowest BCUT2D eigenvalue weighted by Crippen LogP contribution is -2.55. The molecule has 13 heavy (non-hydrogen) atoms. The van der Waals surface area contributed by atoms with Crippen molar-refractivity contribution in [2.45, 2.75) is 31.7 Å². The molecule has 0 saturated carbocycles. The predicted octanol–water partition coefficient (Wildman–Crippen LogP) is 0.0932. The van der Waals surface area contributed by atoms with E-state index in [9.17, 15) is 0 Å². The Morgan fingerprint density at radius 2 is 2.15 bits per heavy atom. The van der Waals surface area contributed by atoms with Gasteiger partial charge in [-0.3, -0.25) is 0 Å². The van der Waals surface area contributed by atoms with E-state index in [1.54, 1.807) is 7.11 Å². The maximum Gasteiger partial charge on any atom is 0.272 e. The second kappa shape index (κ2) is 3.89. The highest BCUT2D eigenvalue weighted by Gasteiger charge is 2.40. The second-order valence-electron chi connectivity index (χ2n) is 3.16. The number of ether oxygens (including phenoxy) is 5. The number of methoxy groups -OCH3 is 1. The van der Waals surface area contributed by atoms with Crippen LogP contribution in [0.25, 0.3) is 0 Å². The van der Waals surface area contributed by atoms with Gasteiger partial charge in [-0.25, -0.2) is 0 Å². The summed E-state index contributed by atoms with van der Waals surface area (Å²) < 4.78 is 26.2. The maximum absolute atomic E-state index is 5.42. The molecule has 2 saturated heterocycles. The van der Waals surface area contributed by atoms with Crippen molar-refractivity contribution in [3.63, 3.8) is 0 Å². The van der Waals surface area contributed by atoms with Gasteiger partial charge >= 0.3 is 0 Å². The maximum atomic E-state index is 5.42. The van der Waals surface area contributed by atoms with Crippen molar-refractivity contribution in [3.05, 3.63) is 0 Å². The summed E-state index contributed by atoms with van der Waals surface area (Å²) in [5, 5.41) is 0. The van der Waals surface area contributed by atoms with Crippen LogP contribution in [-0.2, 0) is 23.7 Å². The Bertz CT molecular complexity index is 174. The average Bonchev–Trinajstić information content (AvgIpc) is 2.18. The van der Waals surface area contributed by atoms with Gasteiger partial charge in [0.25, 0.3) is 6.48 Å².